The normalized spacial score (nSPS) is 10.7. The van der Waals surface area contributed by atoms with E-state index in [4.69, 9.17) is 58.0 Å². The van der Waals surface area contributed by atoms with E-state index in [1.807, 2.05) is 0 Å². The lowest BCUT2D eigenvalue weighted by atomic mass is 10.0. The van der Waals surface area contributed by atoms with E-state index < -0.39 is 11.9 Å². The molecule has 116 valence electrons. The summed E-state index contributed by atoms with van der Waals surface area (Å²) in [6.07, 6.45) is 1.10. The maximum Gasteiger partial charge on any atom is 0.338 e. The third-order valence-corrected chi connectivity index (χ3v) is 5.05. The van der Waals surface area contributed by atoms with Crippen LogP contribution in [0.2, 0.25) is 25.1 Å². The summed E-state index contributed by atoms with van der Waals surface area (Å²) in [7, 11) is 1.15. The van der Waals surface area contributed by atoms with Crippen LogP contribution < -0.4 is 0 Å². The van der Waals surface area contributed by atoms with Gasteiger partial charge in [-0.2, -0.15) is 4.39 Å². The first-order chi connectivity index (χ1) is 10.3. The number of methoxy groups -OCH3 is 1. The molecule has 3 nitrogen and oxygen atoms in total. The Morgan fingerprint density at radius 2 is 1.50 bits per heavy atom. The van der Waals surface area contributed by atoms with Crippen molar-refractivity contribution < 1.29 is 13.9 Å². The molecular weight excluding hydrogens is 398 g/mol. The van der Waals surface area contributed by atoms with Gasteiger partial charge >= 0.3 is 5.97 Å². The summed E-state index contributed by atoms with van der Waals surface area (Å²) in [4.78, 5) is 15.3. The van der Waals surface area contributed by atoms with Crippen molar-refractivity contribution in [2.45, 2.75) is 0 Å². The van der Waals surface area contributed by atoms with E-state index in [0.717, 1.165) is 13.3 Å². The molecule has 0 aliphatic heterocycles. The van der Waals surface area contributed by atoms with Gasteiger partial charge in [0.15, 0.2) is 0 Å². The van der Waals surface area contributed by atoms with Gasteiger partial charge < -0.3 is 4.74 Å². The molecule has 2 aromatic rings. The van der Waals surface area contributed by atoms with Crippen molar-refractivity contribution in [3.8, 4) is 11.1 Å². The van der Waals surface area contributed by atoms with E-state index in [-0.39, 0.29) is 41.8 Å². The Bertz CT molecular complexity index is 753. The van der Waals surface area contributed by atoms with Gasteiger partial charge in [-0.05, 0) is 6.07 Å². The molecule has 0 spiro atoms. The van der Waals surface area contributed by atoms with Crippen LogP contribution in [0.25, 0.3) is 11.1 Å². The maximum atomic E-state index is 14.2. The van der Waals surface area contributed by atoms with Gasteiger partial charge in [0.2, 0.25) is 5.95 Å². The largest absolute Gasteiger partial charge is 0.465 e. The minimum absolute atomic E-state index is 0.0778. The predicted octanol–water partition coefficient (Wildman–Crippen LogP) is 5.94. The molecule has 0 aliphatic carbocycles. The molecule has 2 rings (SSSR count). The summed E-state index contributed by atoms with van der Waals surface area (Å²) >= 11 is 30.0. The molecule has 0 amide bonds. The first kappa shape index (κ1) is 17.6. The molecule has 22 heavy (non-hydrogen) atoms. The highest BCUT2D eigenvalue weighted by Gasteiger charge is 2.27. The average molecular weight is 403 g/mol. The van der Waals surface area contributed by atoms with Crippen LogP contribution in [-0.2, 0) is 4.74 Å². The Hall–Kier alpha value is -0.780. The van der Waals surface area contributed by atoms with E-state index in [9.17, 15) is 9.18 Å². The molecule has 1 aromatic heterocycles. The zero-order valence-corrected chi connectivity index (χ0v) is 14.5. The highest BCUT2D eigenvalue weighted by atomic mass is 35.5. The number of pyridine rings is 1. The number of carbonyl (C=O) groups excluding carboxylic acids is 1. The third-order valence-electron chi connectivity index (χ3n) is 2.77. The molecule has 0 bridgehead atoms. The standard InChI is InChI=1S/C13H5Cl5FNO2/c1-22-13(21)4-2-3-20-12(19)5(4)6-7(14)9(16)11(18)10(17)8(6)15/h2-3H,1H3. The molecule has 0 saturated heterocycles. The fourth-order valence-electron chi connectivity index (χ4n) is 1.78. The Labute approximate surface area is 149 Å². The predicted molar refractivity (Wildman–Crippen MR) is 86.0 cm³/mol. The van der Waals surface area contributed by atoms with E-state index in [1.54, 1.807) is 0 Å². The molecule has 0 radical (unpaired) electrons. The van der Waals surface area contributed by atoms with Gasteiger partial charge in [0.1, 0.15) is 0 Å². The second-order valence-corrected chi connectivity index (χ2v) is 5.85. The lowest BCUT2D eigenvalue weighted by Crippen LogP contribution is -2.07. The first-order valence-electron chi connectivity index (χ1n) is 5.55. The van der Waals surface area contributed by atoms with Crippen LogP contribution in [0.3, 0.4) is 0 Å². The van der Waals surface area contributed by atoms with Gasteiger partial charge in [0.25, 0.3) is 0 Å². The van der Waals surface area contributed by atoms with Crippen LogP contribution in [-0.4, -0.2) is 18.1 Å². The van der Waals surface area contributed by atoms with Crippen molar-refractivity contribution in [2.75, 3.05) is 7.11 Å². The number of hydrogen-bond acceptors (Lipinski definition) is 3. The van der Waals surface area contributed by atoms with E-state index >= 15 is 0 Å². The number of ether oxygens (including phenoxy) is 1. The number of benzene rings is 1. The molecule has 0 atom stereocenters. The second kappa shape index (κ2) is 6.77. The number of aromatic nitrogens is 1. The summed E-state index contributed by atoms with van der Waals surface area (Å²) < 4.78 is 18.8. The fraction of sp³-hybridized carbons (Fsp3) is 0.0769. The van der Waals surface area contributed by atoms with Crippen LogP contribution in [0.1, 0.15) is 10.4 Å². The minimum atomic E-state index is -0.985. The topological polar surface area (TPSA) is 39.2 Å². The molecule has 0 N–H and O–H groups in total. The SMILES string of the molecule is COC(=O)c1ccnc(F)c1-c1c(Cl)c(Cl)c(Cl)c(Cl)c1Cl. The lowest BCUT2D eigenvalue weighted by molar-refractivity contribution is 0.0601. The second-order valence-electron chi connectivity index (χ2n) is 3.96. The van der Waals surface area contributed by atoms with E-state index in [0.29, 0.717) is 0 Å². The summed E-state index contributed by atoms with van der Waals surface area (Å²) in [5, 5.41) is -0.624. The van der Waals surface area contributed by atoms with Crippen molar-refractivity contribution in [1.29, 1.82) is 0 Å². The molecular formula is C13H5Cl5FNO2. The smallest absolute Gasteiger partial charge is 0.338 e. The van der Waals surface area contributed by atoms with Gasteiger partial charge in [-0.3, -0.25) is 0 Å². The highest BCUT2D eigenvalue weighted by molar-refractivity contribution is 6.56. The number of esters is 1. The number of halogens is 6. The van der Waals surface area contributed by atoms with Gasteiger partial charge in [-0.25, -0.2) is 9.78 Å². The number of carbonyl (C=O) groups is 1. The average Bonchev–Trinajstić information content (AvgIpc) is 2.51. The molecule has 0 aliphatic rings. The van der Waals surface area contributed by atoms with Crippen molar-refractivity contribution in [2.24, 2.45) is 0 Å². The molecule has 1 heterocycles. The van der Waals surface area contributed by atoms with Crippen LogP contribution >= 0.6 is 58.0 Å². The van der Waals surface area contributed by atoms with Crippen molar-refractivity contribution in [1.82, 2.24) is 4.98 Å². The van der Waals surface area contributed by atoms with Crippen LogP contribution in [0, 0.1) is 5.95 Å². The molecule has 9 heteroatoms. The van der Waals surface area contributed by atoms with Crippen LogP contribution in [0.15, 0.2) is 12.3 Å². The highest BCUT2D eigenvalue weighted by Crippen LogP contribution is 2.49. The van der Waals surface area contributed by atoms with Crippen LogP contribution in [0.4, 0.5) is 4.39 Å². The zero-order chi connectivity index (χ0) is 16.6. The maximum absolute atomic E-state index is 14.2. The summed E-state index contributed by atoms with van der Waals surface area (Å²) in [5.74, 6) is -1.79. The zero-order valence-electron chi connectivity index (χ0n) is 10.7. The summed E-state index contributed by atoms with van der Waals surface area (Å²) in [6, 6.07) is 1.26. The number of rotatable bonds is 2. The van der Waals surface area contributed by atoms with Crippen molar-refractivity contribution in [3.63, 3.8) is 0 Å². The first-order valence-corrected chi connectivity index (χ1v) is 7.44. The van der Waals surface area contributed by atoms with Crippen molar-refractivity contribution in [3.05, 3.63) is 48.9 Å². The number of nitrogens with zero attached hydrogens (tertiary/aromatic N) is 1. The minimum Gasteiger partial charge on any atom is -0.465 e. The van der Waals surface area contributed by atoms with Gasteiger partial charge in [-0.15, -0.1) is 0 Å². The molecule has 1 aromatic carbocycles. The van der Waals surface area contributed by atoms with Crippen molar-refractivity contribution >= 4 is 64.0 Å². The summed E-state index contributed by atoms with van der Waals surface area (Å²) in [5.41, 5.74) is -0.494. The Morgan fingerprint density at radius 1 is 1.00 bits per heavy atom. The van der Waals surface area contributed by atoms with Gasteiger partial charge in [0, 0.05) is 11.8 Å². The molecule has 0 saturated carbocycles. The van der Waals surface area contributed by atoms with E-state index in [1.165, 1.54) is 6.07 Å². The van der Waals surface area contributed by atoms with Crippen LogP contribution in [0.5, 0.6) is 0 Å². The summed E-state index contributed by atoms with van der Waals surface area (Å²) in [6.45, 7) is 0. The monoisotopic (exact) mass is 401 g/mol. The third kappa shape index (κ3) is 2.86. The van der Waals surface area contributed by atoms with Gasteiger partial charge in [0.05, 0.1) is 43.3 Å². The Balaban J connectivity index is 2.93. The van der Waals surface area contributed by atoms with Gasteiger partial charge in [-0.1, -0.05) is 58.0 Å². The lowest BCUT2D eigenvalue weighted by Gasteiger charge is -2.15. The molecule has 0 unspecified atom stereocenters. The van der Waals surface area contributed by atoms with E-state index in [2.05, 4.69) is 9.72 Å². The quantitative estimate of drug-likeness (QED) is 0.270. The molecule has 0 fully saturated rings. The number of hydrogen-bond donors (Lipinski definition) is 0. The Morgan fingerprint density at radius 3 is 2.00 bits per heavy atom. The Kier molecular flexibility index (Phi) is 5.41. The fourth-order valence-corrected chi connectivity index (χ4v) is 3.11.